The smallest absolute Gasteiger partial charge is 0.382 e. The van der Waals surface area contributed by atoms with Crippen molar-refractivity contribution >= 4 is 35.0 Å². The molecule has 0 unspecified atom stereocenters. The Bertz CT molecular complexity index is 1470. The van der Waals surface area contributed by atoms with Gasteiger partial charge in [0.05, 0.1) is 11.3 Å². The van der Waals surface area contributed by atoms with E-state index in [9.17, 15) is 18.0 Å². The Morgan fingerprint density at radius 3 is 2.76 bits per heavy atom. The van der Waals surface area contributed by atoms with Gasteiger partial charge in [-0.25, -0.2) is 23.7 Å². The molecule has 0 saturated heterocycles. The molecule has 0 bridgehead atoms. The predicted octanol–water partition coefficient (Wildman–Crippen LogP) is 3.68. The first-order chi connectivity index (χ1) is 16.2. The van der Waals surface area contributed by atoms with Crippen molar-refractivity contribution in [3.63, 3.8) is 0 Å². The summed E-state index contributed by atoms with van der Waals surface area (Å²) in [7, 11) is 0. The normalized spacial score (nSPS) is 17.1. The number of aromatic nitrogens is 4. The van der Waals surface area contributed by atoms with Crippen LogP contribution in [0, 0.1) is 11.3 Å². The Labute approximate surface area is 188 Å². The van der Waals surface area contributed by atoms with Crippen LogP contribution in [0.25, 0.3) is 11.1 Å². The van der Waals surface area contributed by atoms with Crippen molar-refractivity contribution in [1.82, 2.24) is 24.9 Å². The summed E-state index contributed by atoms with van der Waals surface area (Å²) in [4.78, 5) is 19.9. The summed E-state index contributed by atoms with van der Waals surface area (Å²) >= 11 is 0. The molecule has 0 aromatic carbocycles. The number of hydrogen-bond donors (Lipinski definition) is 4. The predicted molar refractivity (Wildman–Crippen MR) is 114 cm³/mol. The lowest BCUT2D eigenvalue weighted by Gasteiger charge is -2.12. The van der Waals surface area contributed by atoms with E-state index in [2.05, 4.69) is 25.7 Å². The first-order valence-corrected chi connectivity index (χ1v) is 9.75. The van der Waals surface area contributed by atoms with Crippen molar-refractivity contribution in [3.05, 3.63) is 76.8 Å². The lowest BCUT2D eigenvalue weighted by molar-refractivity contribution is -0.137. The van der Waals surface area contributed by atoms with Crippen LogP contribution < -0.4 is 16.4 Å². The summed E-state index contributed by atoms with van der Waals surface area (Å²) in [5.74, 6) is -1.28. The fourth-order valence-corrected chi connectivity index (χ4v) is 3.88. The number of amides is 2. The van der Waals surface area contributed by atoms with Gasteiger partial charge in [-0.05, 0) is 23.8 Å². The fourth-order valence-electron chi connectivity index (χ4n) is 3.88. The molecule has 0 saturated carbocycles. The summed E-state index contributed by atoms with van der Waals surface area (Å²) in [6.45, 7) is 0. The molecule has 2 amide bonds. The van der Waals surface area contributed by atoms with Crippen LogP contribution in [-0.4, -0.2) is 31.8 Å². The maximum atomic E-state index is 15.2. The highest BCUT2D eigenvalue weighted by molar-refractivity contribution is 6.05. The van der Waals surface area contributed by atoms with Crippen molar-refractivity contribution in [2.45, 2.75) is 6.18 Å². The zero-order valence-electron chi connectivity index (χ0n) is 17.0. The number of alkyl halides is 3. The standard InChI is InChI=1S/C21H14F4N8O/c22-17-12(31-20(34)32-13-5-10(3-4-28-13)21(23,24)25)2-1-11-15(16(11)17)14-9(6-26)7-33-18(14)19(27)29-8-30-33/h1-8,11,26H,(H2,27,29,30)(H2,28,31,32,34)/t11-/m1/s1. The molecule has 1 atom stereocenters. The lowest BCUT2D eigenvalue weighted by atomic mass is 10.1. The Morgan fingerprint density at radius 1 is 1.24 bits per heavy atom. The van der Waals surface area contributed by atoms with E-state index in [1.165, 1.54) is 16.9 Å². The summed E-state index contributed by atoms with van der Waals surface area (Å²) in [5, 5.41) is 16.2. The maximum Gasteiger partial charge on any atom is 0.416 e. The topological polar surface area (TPSA) is 134 Å². The Morgan fingerprint density at radius 2 is 2.03 bits per heavy atom. The van der Waals surface area contributed by atoms with E-state index >= 15 is 4.39 Å². The van der Waals surface area contributed by atoms with Crippen LogP contribution in [0.15, 0.2) is 60.1 Å². The van der Waals surface area contributed by atoms with Gasteiger partial charge >= 0.3 is 12.2 Å². The number of nitrogens with zero attached hydrogens (tertiary/aromatic N) is 4. The van der Waals surface area contributed by atoms with Gasteiger partial charge in [-0.1, -0.05) is 6.08 Å². The second kappa shape index (κ2) is 7.50. The zero-order chi connectivity index (χ0) is 24.2. The van der Waals surface area contributed by atoms with Gasteiger partial charge in [-0.15, -0.1) is 0 Å². The van der Waals surface area contributed by atoms with Gasteiger partial charge < -0.3 is 16.5 Å². The van der Waals surface area contributed by atoms with Crippen LogP contribution in [0.4, 0.5) is 34.0 Å². The number of fused-ring (bicyclic) bond motifs is 2. The Kier molecular flexibility index (Phi) is 4.70. The average molecular weight is 470 g/mol. The number of nitrogens with two attached hydrogens (primary N) is 1. The number of hydrogen-bond acceptors (Lipinski definition) is 6. The van der Waals surface area contributed by atoms with E-state index in [-0.39, 0.29) is 23.3 Å². The van der Waals surface area contributed by atoms with Crippen molar-refractivity contribution < 1.29 is 22.4 Å². The molecule has 0 fully saturated rings. The van der Waals surface area contributed by atoms with Crippen LogP contribution in [0.1, 0.15) is 16.7 Å². The van der Waals surface area contributed by atoms with Crippen LogP contribution in [-0.2, 0) is 6.18 Å². The molecule has 172 valence electrons. The summed E-state index contributed by atoms with van der Waals surface area (Å²) < 4.78 is 55.2. The second-order valence-corrected chi connectivity index (χ2v) is 7.44. The minimum absolute atomic E-state index is 0.162. The van der Waals surface area contributed by atoms with E-state index in [0.29, 0.717) is 33.9 Å². The molecule has 0 aliphatic heterocycles. The summed E-state index contributed by atoms with van der Waals surface area (Å²) in [5.41, 5.74) is 7.12. The SMILES string of the molecule is N=Cc1cn2ncnc(N)c2c1C1=C2C(F)=C(NC(=O)Nc3cc(C(F)(F)F)ccn3)C=C[C@@H]21. The molecule has 5 rings (SSSR count). The van der Waals surface area contributed by atoms with Gasteiger partial charge in [0, 0.05) is 41.2 Å². The molecular weight excluding hydrogens is 456 g/mol. The van der Waals surface area contributed by atoms with Gasteiger partial charge in [-0.3, -0.25) is 5.32 Å². The third-order valence-electron chi connectivity index (χ3n) is 5.39. The lowest BCUT2D eigenvalue weighted by Crippen LogP contribution is -2.29. The largest absolute Gasteiger partial charge is 0.416 e. The van der Waals surface area contributed by atoms with Crippen LogP contribution in [0.2, 0.25) is 0 Å². The summed E-state index contributed by atoms with van der Waals surface area (Å²) in [6, 6.07) is 0.472. The summed E-state index contributed by atoms with van der Waals surface area (Å²) in [6.07, 6.45) is 3.25. The molecule has 0 radical (unpaired) electrons. The molecule has 0 spiro atoms. The molecule has 3 aromatic rings. The van der Waals surface area contributed by atoms with Gasteiger partial charge in [0.1, 0.15) is 17.7 Å². The van der Waals surface area contributed by atoms with Crippen molar-refractivity contribution in [3.8, 4) is 0 Å². The molecule has 2 aliphatic carbocycles. The number of carbonyl (C=O) groups is 1. The van der Waals surface area contributed by atoms with Gasteiger partial charge in [0.15, 0.2) is 11.6 Å². The van der Waals surface area contributed by atoms with E-state index in [4.69, 9.17) is 11.1 Å². The van der Waals surface area contributed by atoms with Crippen molar-refractivity contribution in [1.29, 1.82) is 5.41 Å². The molecule has 9 nitrogen and oxygen atoms in total. The molecule has 5 N–H and O–H groups in total. The number of urea groups is 1. The van der Waals surface area contributed by atoms with E-state index < -0.39 is 23.6 Å². The monoisotopic (exact) mass is 470 g/mol. The van der Waals surface area contributed by atoms with Gasteiger partial charge in [-0.2, -0.15) is 18.3 Å². The van der Waals surface area contributed by atoms with Gasteiger partial charge in [0.2, 0.25) is 0 Å². The van der Waals surface area contributed by atoms with E-state index in [0.717, 1.165) is 18.5 Å². The number of carbonyl (C=O) groups excluding carboxylic acids is 1. The average Bonchev–Trinajstić information content (AvgIpc) is 3.39. The quantitative estimate of drug-likeness (QED) is 0.341. The fraction of sp³-hybridized carbons (Fsp3) is 0.0952. The number of anilines is 2. The van der Waals surface area contributed by atoms with Gasteiger partial charge in [0.25, 0.3) is 0 Å². The first-order valence-electron chi connectivity index (χ1n) is 9.75. The minimum atomic E-state index is -4.60. The first kappa shape index (κ1) is 21.3. The number of pyridine rings is 1. The maximum absolute atomic E-state index is 15.2. The highest BCUT2D eigenvalue weighted by Gasteiger charge is 2.44. The van der Waals surface area contributed by atoms with Crippen LogP contribution >= 0.6 is 0 Å². The molecule has 3 heterocycles. The number of halogens is 4. The van der Waals surface area contributed by atoms with Crippen molar-refractivity contribution in [2.75, 3.05) is 11.1 Å². The molecule has 13 heteroatoms. The van der Waals surface area contributed by atoms with Crippen molar-refractivity contribution in [2.24, 2.45) is 5.92 Å². The third kappa shape index (κ3) is 3.46. The van der Waals surface area contributed by atoms with E-state index in [1.54, 1.807) is 12.3 Å². The number of allylic oxidation sites excluding steroid dienone is 5. The molecular formula is C21H14F4N8O. The molecule has 34 heavy (non-hydrogen) atoms. The van der Waals surface area contributed by atoms with Crippen LogP contribution in [0.5, 0.6) is 0 Å². The van der Waals surface area contributed by atoms with Crippen LogP contribution in [0.3, 0.4) is 0 Å². The van der Waals surface area contributed by atoms with E-state index in [1.807, 2.05) is 0 Å². The number of nitrogens with one attached hydrogen (secondary N) is 3. The minimum Gasteiger partial charge on any atom is -0.382 e. The highest BCUT2D eigenvalue weighted by Crippen LogP contribution is 2.56. The zero-order valence-corrected chi connectivity index (χ0v) is 17.0. The number of rotatable bonds is 4. The molecule has 2 aliphatic rings. The second-order valence-electron chi connectivity index (χ2n) is 7.44. The third-order valence-corrected chi connectivity index (χ3v) is 5.39. The highest BCUT2D eigenvalue weighted by atomic mass is 19.4. The molecule has 3 aromatic heterocycles. The number of nitrogen functional groups attached to an aromatic ring is 1. The Balaban J connectivity index is 1.43. The Hall–Kier alpha value is -4.55.